The molecule has 0 fully saturated rings. The zero-order chi connectivity index (χ0) is 11.4. The van der Waals surface area contributed by atoms with Gasteiger partial charge in [-0.2, -0.15) is 10.2 Å². The van der Waals surface area contributed by atoms with Gasteiger partial charge in [0.25, 0.3) is 0 Å². The second-order valence-corrected chi connectivity index (χ2v) is 3.80. The number of aromatic nitrogens is 4. The summed E-state index contributed by atoms with van der Waals surface area (Å²) >= 11 is 0. The van der Waals surface area contributed by atoms with Crippen LogP contribution in [0.4, 0.5) is 5.69 Å². The number of nitrogens with zero attached hydrogens (tertiary/aromatic N) is 4. The van der Waals surface area contributed by atoms with Gasteiger partial charge in [-0.15, -0.1) is 12.4 Å². The maximum atomic E-state index is 4.28. The van der Waals surface area contributed by atoms with E-state index in [4.69, 9.17) is 0 Å². The van der Waals surface area contributed by atoms with Crippen LogP contribution < -0.4 is 5.32 Å². The molecule has 0 aliphatic rings. The molecular weight excluding hydrogens is 238 g/mol. The average Bonchev–Trinajstić information content (AvgIpc) is 2.85. The van der Waals surface area contributed by atoms with Crippen LogP contribution in [0.2, 0.25) is 0 Å². The molecule has 0 saturated heterocycles. The summed E-state index contributed by atoms with van der Waals surface area (Å²) in [6.07, 6.45) is 6.72. The van der Waals surface area contributed by atoms with E-state index in [9.17, 15) is 0 Å². The van der Waals surface area contributed by atoms with Gasteiger partial charge in [-0.1, -0.05) is 6.92 Å². The lowest BCUT2D eigenvalue weighted by molar-refractivity contribution is 0.578. The van der Waals surface area contributed by atoms with Crippen molar-refractivity contribution in [2.45, 2.75) is 26.4 Å². The topological polar surface area (TPSA) is 47.7 Å². The Bertz CT molecular complexity index is 448. The maximum Gasteiger partial charge on any atom is 0.0729 e. The summed E-state index contributed by atoms with van der Waals surface area (Å²) in [6.45, 7) is 3.91. The first-order chi connectivity index (χ1) is 7.79. The minimum absolute atomic E-state index is 0. The Hall–Kier alpha value is -1.49. The first kappa shape index (κ1) is 13.6. The number of halogens is 1. The molecule has 0 spiro atoms. The van der Waals surface area contributed by atoms with Crippen molar-refractivity contribution in [3.63, 3.8) is 0 Å². The van der Waals surface area contributed by atoms with E-state index in [1.165, 1.54) is 5.69 Å². The Balaban J connectivity index is 0.00000144. The van der Waals surface area contributed by atoms with Crippen molar-refractivity contribution in [1.29, 1.82) is 0 Å². The summed E-state index contributed by atoms with van der Waals surface area (Å²) in [4.78, 5) is 0. The molecule has 1 N–H and O–H groups in total. The lowest BCUT2D eigenvalue weighted by atomic mass is 10.4. The molecule has 2 aromatic heterocycles. The minimum atomic E-state index is 0. The van der Waals surface area contributed by atoms with Crippen LogP contribution in [0, 0.1) is 0 Å². The van der Waals surface area contributed by atoms with Crippen molar-refractivity contribution < 1.29 is 0 Å². The molecular formula is C11H18ClN5. The first-order valence-electron chi connectivity index (χ1n) is 5.53. The van der Waals surface area contributed by atoms with Crippen LogP contribution in [0.1, 0.15) is 19.0 Å². The van der Waals surface area contributed by atoms with Gasteiger partial charge in [-0.3, -0.25) is 9.36 Å². The highest BCUT2D eigenvalue weighted by atomic mass is 35.5. The summed E-state index contributed by atoms with van der Waals surface area (Å²) < 4.78 is 3.81. The number of nitrogens with one attached hydrogen (secondary N) is 1. The van der Waals surface area contributed by atoms with Gasteiger partial charge < -0.3 is 5.32 Å². The summed E-state index contributed by atoms with van der Waals surface area (Å²) in [6, 6.07) is 2.04. The molecule has 5 nitrogen and oxygen atoms in total. The SMILES string of the molecule is CCCn1nccc1CNc1cnn(C)c1.Cl. The molecule has 0 aliphatic carbocycles. The first-order valence-corrected chi connectivity index (χ1v) is 5.53. The number of anilines is 1. The molecule has 94 valence electrons. The van der Waals surface area contributed by atoms with Crippen molar-refractivity contribution in [2.24, 2.45) is 7.05 Å². The van der Waals surface area contributed by atoms with Gasteiger partial charge in [-0.25, -0.2) is 0 Å². The number of hydrogen-bond donors (Lipinski definition) is 1. The van der Waals surface area contributed by atoms with E-state index in [0.717, 1.165) is 25.2 Å². The van der Waals surface area contributed by atoms with Crippen LogP contribution in [0.15, 0.2) is 24.7 Å². The summed E-state index contributed by atoms with van der Waals surface area (Å²) in [5.74, 6) is 0. The fourth-order valence-electron chi connectivity index (χ4n) is 1.63. The van der Waals surface area contributed by atoms with Crippen molar-refractivity contribution >= 4 is 18.1 Å². The second-order valence-electron chi connectivity index (χ2n) is 3.80. The molecule has 2 aromatic rings. The van der Waals surface area contributed by atoms with E-state index in [-0.39, 0.29) is 12.4 Å². The summed E-state index contributed by atoms with van der Waals surface area (Å²) in [5.41, 5.74) is 2.23. The van der Waals surface area contributed by atoms with E-state index in [2.05, 4.69) is 22.4 Å². The molecule has 2 rings (SSSR count). The van der Waals surface area contributed by atoms with Crippen LogP contribution in [0.3, 0.4) is 0 Å². The maximum absolute atomic E-state index is 4.28. The average molecular weight is 256 g/mol. The lowest BCUT2D eigenvalue weighted by Gasteiger charge is -2.06. The van der Waals surface area contributed by atoms with Crippen molar-refractivity contribution in [2.75, 3.05) is 5.32 Å². The van der Waals surface area contributed by atoms with Crippen molar-refractivity contribution in [3.05, 3.63) is 30.4 Å². The quantitative estimate of drug-likeness (QED) is 0.890. The third-order valence-corrected chi connectivity index (χ3v) is 2.42. The standard InChI is InChI=1S/C11H17N5.ClH/c1-3-6-16-11(4-5-13-16)8-12-10-7-14-15(2)9-10;/h4-5,7,9,12H,3,6,8H2,1-2H3;1H. The monoisotopic (exact) mass is 255 g/mol. The van der Waals surface area contributed by atoms with Crippen LogP contribution >= 0.6 is 12.4 Å². The third-order valence-electron chi connectivity index (χ3n) is 2.42. The van der Waals surface area contributed by atoms with Crippen LogP contribution in [-0.2, 0) is 20.1 Å². The molecule has 0 saturated carbocycles. The zero-order valence-electron chi connectivity index (χ0n) is 10.1. The number of aryl methyl sites for hydroxylation is 2. The molecule has 17 heavy (non-hydrogen) atoms. The highest BCUT2D eigenvalue weighted by Crippen LogP contribution is 2.07. The molecule has 0 aliphatic heterocycles. The Kier molecular flexibility index (Phi) is 5.03. The second kappa shape index (κ2) is 6.30. The van der Waals surface area contributed by atoms with E-state index >= 15 is 0 Å². The van der Waals surface area contributed by atoms with E-state index in [1.54, 1.807) is 4.68 Å². The highest BCUT2D eigenvalue weighted by Gasteiger charge is 2.01. The van der Waals surface area contributed by atoms with Gasteiger partial charge in [0.1, 0.15) is 0 Å². The molecule has 0 bridgehead atoms. The third kappa shape index (κ3) is 3.49. The van der Waals surface area contributed by atoms with Gasteiger partial charge in [0.2, 0.25) is 0 Å². The predicted octanol–water partition coefficient (Wildman–Crippen LogP) is 2.06. The molecule has 2 heterocycles. The fraction of sp³-hybridized carbons (Fsp3) is 0.455. The van der Waals surface area contributed by atoms with E-state index < -0.39 is 0 Å². The number of hydrogen-bond acceptors (Lipinski definition) is 3. The molecule has 0 aromatic carbocycles. The molecule has 0 amide bonds. The fourth-order valence-corrected chi connectivity index (χ4v) is 1.63. The van der Waals surface area contributed by atoms with E-state index in [0.29, 0.717) is 0 Å². The smallest absolute Gasteiger partial charge is 0.0729 e. The van der Waals surface area contributed by atoms with Crippen molar-refractivity contribution in [3.8, 4) is 0 Å². The lowest BCUT2D eigenvalue weighted by Crippen LogP contribution is -2.08. The Labute approximate surface area is 107 Å². The zero-order valence-corrected chi connectivity index (χ0v) is 10.9. The van der Waals surface area contributed by atoms with Gasteiger partial charge in [0, 0.05) is 26.0 Å². The van der Waals surface area contributed by atoms with Crippen LogP contribution in [0.25, 0.3) is 0 Å². The molecule has 0 unspecified atom stereocenters. The normalized spacial score (nSPS) is 10.0. The minimum Gasteiger partial charge on any atom is -0.377 e. The van der Waals surface area contributed by atoms with Crippen LogP contribution in [0.5, 0.6) is 0 Å². The molecule has 6 heteroatoms. The summed E-state index contributed by atoms with van der Waals surface area (Å²) in [7, 11) is 1.91. The molecule has 0 radical (unpaired) electrons. The summed E-state index contributed by atoms with van der Waals surface area (Å²) in [5, 5.41) is 11.7. The predicted molar refractivity (Wildman–Crippen MR) is 70.3 cm³/mol. The Morgan fingerprint density at radius 2 is 2.18 bits per heavy atom. The van der Waals surface area contributed by atoms with E-state index in [1.807, 2.05) is 36.4 Å². The largest absolute Gasteiger partial charge is 0.377 e. The number of rotatable bonds is 5. The highest BCUT2D eigenvalue weighted by molar-refractivity contribution is 5.85. The van der Waals surface area contributed by atoms with Gasteiger partial charge in [0.05, 0.1) is 24.1 Å². The van der Waals surface area contributed by atoms with Gasteiger partial charge in [0.15, 0.2) is 0 Å². The van der Waals surface area contributed by atoms with Crippen molar-refractivity contribution in [1.82, 2.24) is 19.6 Å². The van der Waals surface area contributed by atoms with Gasteiger partial charge in [-0.05, 0) is 12.5 Å². The van der Waals surface area contributed by atoms with Gasteiger partial charge >= 0.3 is 0 Å². The molecule has 0 atom stereocenters. The van der Waals surface area contributed by atoms with Crippen LogP contribution in [-0.4, -0.2) is 19.6 Å². The Morgan fingerprint density at radius 1 is 1.35 bits per heavy atom. The Morgan fingerprint density at radius 3 is 2.82 bits per heavy atom.